The van der Waals surface area contributed by atoms with E-state index in [-0.39, 0.29) is 11.8 Å². The fraction of sp³-hybridized carbons (Fsp3) is 0.474. The van der Waals surface area contributed by atoms with Crippen molar-refractivity contribution in [3.63, 3.8) is 0 Å². The zero-order valence-electron chi connectivity index (χ0n) is 15.4. The molecule has 0 spiro atoms. The van der Waals surface area contributed by atoms with E-state index < -0.39 is 0 Å². The molecule has 138 valence electrons. The Morgan fingerprint density at radius 1 is 1.31 bits per heavy atom. The van der Waals surface area contributed by atoms with Gasteiger partial charge in [0.15, 0.2) is 0 Å². The second kappa shape index (κ2) is 8.12. The molecule has 3 N–H and O–H groups in total. The minimum absolute atomic E-state index is 0.0281. The summed E-state index contributed by atoms with van der Waals surface area (Å²) in [6.45, 7) is 6.14. The summed E-state index contributed by atoms with van der Waals surface area (Å²) in [5, 5.41) is 3.00. The Bertz CT molecular complexity index is 756. The maximum Gasteiger partial charge on any atom is 0.223 e. The van der Waals surface area contributed by atoms with Gasteiger partial charge in [0, 0.05) is 36.5 Å². The van der Waals surface area contributed by atoms with Crippen LogP contribution in [-0.2, 0) is 17.8 Å². The summed E-state index contributed by atoms with van der Waals surface area (Å²) in [6, 6.07) is 5.71. The van der Waals surface area contributed by atoms with Crippen LogP contribution in [0, 0.1) is 12.8 Å². The number of pyridine rings is 1. The maximum atomic E-state index is 12.4. The number of aromatic nitrogens is 3. The molecule has 3 heterocycles. The van der Waals surface area contributed by atoms with Crippen molar-refractivity contribution in [2.24, 2.45) is 5.92 Å². The molecule has 2 aromatic heterocycles. The van der Waals surface area contributed by atoms with Crippen LogP contribution < -0.4 is 16.0 Å². The summed E-state index contributed by atoms with van der Waals surface area (Å²) >= 11 is 0. The lowest BCUT2D eigenvalue weighted by Crippen LogP contribution is -2.41. The molecular formula is C19H26N6O. The van der Waals surface area contributed by atoms with Crippen LogP contribution in [0.1, 0.15) is 36.7 Å². The average molecular weight is 354 g/mol. The van der Waals surface area contributed by atoms with Crippen LogP contribution in [0.3, 0.4) is 0 Å². The van der Waals surface area contributed by atoms with Crippen molar-refractivity contribution in [1.29, 1.82) is 0 Å². The van der Waals surface area contributed by atoms with Gasteiger partial charge in [-0.05, 0) is 38.3 Å². The second-order valence-corrected chi connectivity index (χ2v) is 6.62. The molecule has 0 saturated carbocycles. The lowest BCUT2D eigenvalue weighted by atomic mass is 9.95. The number of piperidine rings is 1. The molecule has 1 fully saturated rings. The molecule has 7 nitrogen and oxygen atoms in total. The van der Waals surface area contributed by atoms with Crippen molar-refractivity contribution in [2.45, 2.75) is 39.7 Å². The fourth-order valence-electron chi connectivity index (χ4n) is 3.46. The van der Waals surface area contributed by atoms with Crippen LogP contribution in [0.5, 0.6) is 0 Å². The van der Waals surface area contributed by atoms with E-state index in [9.17, 15) is 4.79 Å². The number of amides is 1. The van der Waals surface area contributed by atoms with Gasteiger partial charge in [0.05, 0.1) is 12.2 Å². The zero-order valence-corrected chi connectivity index (χ0v) is 15.4. The maximum absolute atomic E-state index is 12.4. The van der Waals surface area contributed by atoms with Crippen molar-refractivity contribution < 1.29 is 4.79 Å². The molecular weight excluding hydrogens is 328 g/mol. The monoisotopic (exact) mass is 354 g/mol. The predicted molar refractivity (Wildman–Crippen MR) is 102 cm³/mol. The average Bonchev–Trinajstić information content (AvgIpc) is 2.66. The van der Waals surface area contributed by atoms with Crippen molar-refractivity contribution in [2.75, 3.05) is 23.7 Å². The van der Waals surface area contributed by atoms with E-state index in [1.807, 2.05) is 25.1 Å². The number of hydrogen-bond acceptors (Lipinski definition) is 6. The highest BCUT2D eigenvalue weighted by Crippen LogP contribution is 2.27. The molecule has 0 bridgehead atoms. The molecule has 7 heteroatoms. The normalized spacial score (nSPS) is 15.1. The van der Waals surface area contributed by atoms with Gasteiger partial charge in [-0.25, -0.2) is 4.98 Å². The van der Waals surface area contributed by atoms with Gasteiger partial charge in [-0.1, -0.05) is 13.0 Å². The lowest BCUT2D eigenvalue weighted by molar-refractivity contribution is -0.125. The first-order valence-corrected chi connectivity index (χ1v) is 9.14. The van der Waals surface area contributed by atoms with E-state index in [0.717, 1.165) is 55.1 Å². The van der Waals surface area contributed by atoms with Crippen molar-refractivity contribution >= 4 is 17.7 Å². The SMILES string of the molecule is CCc1c(C)nc(N)nc1N1CCC(C(=O)NCc2ccccn2)CC1. The van der Waals surface area contributed by atoms with Crippen molar-refractivity contribution in [3.8, 4) is 0 Å². The minimum atomic E-state index is 0.0281. The number of aryl methyl sites for hydroxylation is 1. The second-order valence-electron chi connectivity index (χ2n) is 6.62. The molecule has 1 aliphatic heterocycles. The fourth-order valence-corrected chi connectivity index (χ4v) is 3.46. The van der Waals surface area contributed by atoms with E-state index in [1.54, 1.807) is 6.20 Å². The van der Waals surface area contributed by atoms with Gasteiger partial charge in [0.25, 0.3) is 0 Å². The third-order valence-corrected chi connectivity index (χ3v) is 4.90. The zero-order chi connectivity index (χ0) is 18.5. The number of carbonyl (C=O) groups is 1. The van der Waals surface area contributed by atoms with E-state index in [4.69, 9.17) is 5.73 Å². The smallest absolute Gasteiger partial charge is 0.223 e. The Morgan fingerprint density at radius 3 is 2.73 bits per heavy atom. The molecule has 1 aliphatic rings. The molecule has 0 aromatic carbocycles. The molecule has 3 rings (SSSR count). The van der Waals surface area contributed by atoms with Gasteiger partial charge in [-0.3, -0.25) is 9.78 Å². The van der Waals surface area contributed by atoms with Gasteiger partial charge in [-0.2, -0.15) is 4.98 Å². The van der Waals surface area contributed by atoms with Gasteiger partial charge in [0.2, 0.25) is 11.9 Å². The van der Waals surface area contributed by atoms with Crippen LogP contribution in [0.15, 0.2) is 24.4 Å². The molecule has 26 heavy (non-hydrogen) atoms. The van der Waals surface area contributed by atoms with Crippen molar-refractivity contribution in [1.82, 2.24) is 20.3 Å². The summed E-state index contributed by atoms with van der Waals surface area (Å²) in [5.74, 6) is 1.36. The van der Waals surface area contributed by atoms with Crippen LogP contribution in [0.25, 0.3) is 0 Å². The first-order chi connectivity index (χ1) is 12.6. The van der Waals surface area contributed by atoms with Gasteiger partial charge in [0.1, 0.15) is 5.82 Å². The Kier molecular flexibility index (Phi) is 5.65. The predicted octanol–water partition coefficient (Wildman–Crippen LogP) is 1.86. The number of hydrogen-bond donors (Lipinski definition) is 2. The summed E-state index contributed by atoms with van der Waals surface area (Å²) in [7, 11) is 0. The van der Waals surface area contributed by atoms with Crippen LogP contribution in [-0.4, -0.2) is 33.9 Å². The van der Waals surface area contributed by atoms with Gasteiger partial charge < -0.3 is 16.0 Å². The Balaban J connectivity index is 1.58. The quantitative estimate of drug-likeness (QED) is 0.851. The molecule has 2 aromatic rings. The number of rotatable bonds is 5. The Morgan fingerprint density at radius 2 is 2.08 bits per heavy atom. The number of carbonyl (C=O) groups excluding carboxylic acids is 1. The molecule has 0 atom stereocenters. The van der Waals surface area contributed by atoms with E-state index in [2.05, 4.69) is 32.1 Å². The van der Waals surface area contributed by atoms with E-state index in [0.29, 0.717) is 12.5 Å². The molecule has 1 amide bonds. The number of nitrogens with two attached hydrogens (primary N) is 1. The largest absolute Gasteiger partial charge is 0.368 e. The topological polar surface area (TPSA) is 97.0 Å². The Hall–Kier alpha value is -2.70. The molecule has 0 unspecified atom stereocenters. The molecule has 1 saturated heterocycles. The minimum Gasteiger partial charge on any atom is -0.368 e. The van der Waals surface area contributed by atoms with Crippen LogP contribution >= 0.6 is 0 Å². The van der Waals surface area contributed by atoms with E-state index >= 15 is 0 Å². The number of nitrogen functional groups attached to an aromatic ring is 1. The number of nitrogens with one attached hydrogen (secondary N) is 1. The highest BCUT2D eigenvalue weighted by Gasteiger charge is 2.27. The molecule has 0 radical (unpaired) electrons. The van der Waals surface area contributed by atoms with Crippen LogP contribution in [0.4, 0.5) is 11.8 Å². The first kappa shape index (κ1) is 18.1. The third kappa shape index (κ3) is 4.09. The van der Waals surface area contributed by atoms with Gasteiger partial charge in [-0.15, -0.1) is 0 Å². The summed E-state index contributed by atoms with van der Waals surface area (Å²) in [6.07, 6.45) is 4.22. The first-order valence-electron chi connectivity index (χ1n) is 9.14. The summed E-state index contributed by atoms with van der Waals surface area (Å²) < 4.78 is 0. The third-order valence-electron chi connectivity index (χ3n) is 4.90. The summed E-state index contributed by atoms with van der Waals surface area (Å²) in [4.78, 5) is 27.6. The van der Waals surface area contributed by atoms with Crippen LogP contribution in [0.2, 0.25) is 0 Å². The standard InChI is InChI=1S/C19H26N6O/c1-3-16-13(2)23-19(20)24-17(16)25-10-7-14(8-11-25)18(26)22-12-15-6-4-5-9-21-15/h4-6,9,14H,3,7-8,10-12H2,1-2H3,(H,22,26)(H2,20,23,24). The highest BCUT2D eigenvalue weighted by molar-refractivity contribution is 5.79. The van der Waals surface area contributed by atoms with Crippen molar-refractivity contribution in [3.05, 3.63) is 41.3 Å². The molecule has 0 aliphatic carbocycles. The van der Waals surface area contributed by atoms with Gasteiger partial charge >= 0.3 is 0 Å². The lowest BCUT2D eigenvalue weighted by Gasteiger charge is -2.33. The number of anilines is 2. The summed E-state index contributed by atoms with van der Waals surface area (Å²) in [5.41, 5.74) is 8.79. The van der Waals surface area contributed by atoms with E-state index in [1.165, 1.54) is 0 Å². The highest BCUT2D eigenvalue weighted by atomic mass is 16.1. The Labute approximate surface area is 154 Å². The number of nitrogens with zero attached hydrogens (tertiary/aromatic N) is 4.